The van der Waals surface area contributed by atoms with Gasteiger partial charge in [-0.05, 0) is 12.8 Å². The SMILES string of the molecule is CC(C)C(N)=O.COC1CCCCC1. The molecule has 1 aliphatic rings. The maximum Gasteiger partial charge on any atom is 0.219 e. The average Bonchev–Trinajstić information content (AvgIpc) is 2.20. The van der Waals surface area contributed by atoms with Gasteiger partial charge in [0, 0.05) is 13.0 Å². The van der Waals surface area contributed by atoms with Crippen LogP contribution >= 0.6 is 0 Å². The average molecular weight is 201 g/mol. The minimum atomic E-state index is -0.241. The molecule has 2 N–H and O–H groups in total. The summed E-state index contributed by atoms with van der Waals surface area (Å²) in [5, 5.41) is 0. The molecule has 0 bridgehead atoms. The summed E-state index contributed by atoms with van der Waals surface area (Å²) in [7, 11) is 1.82. The van der Waals surface area contributed by atoms with Crippen LogP contribution in [0.2, 0.25) is 0 Å². The Kier molecular flexibility index (Phi) is 7.48. The van der Waals surface area contributed by atoms with E-state index in [4.69, 9.17) is 10.5 Å². The van der Waals surface area contributed by atoms with Gasteiger partial charge in [0.1, 0.15) is 0 Å². The normalized spacial score (nSPS) is 17.4. The lowest BCUT2D eigenvalue weighted by Gasteiger charge is -2.19. The summed E-state index contributed by atoms with van der Waals surface area (Å²) in [4.78, 5) is 9.92. The molecule has 1 saturated carbocycles. The van der Waals surface area contributed by atoms with Gasteiger partial charge >= 0.3 is 0 Å². The van der Waals surface area contributed by atoms with E-state index in [2.05, 4.69) is 0 Å². The van der Waals surface area contributed by atoms with Gasteiger partial charge in [-0.3, -0.25) is 4.79 Å². The Morgan fingerprint density at radius 2 is 1.71 bits per heavy atom. The third-order valence-corrected chi connectivity index (χ3v) is 2.45. The number of amides is 1. The van der Waals surface area contributed by atoms with Crippen LogP contribution in [0.15, 0.2) is 0 Å². The molecule has 3 heteroatoms. The molecular formula is C11H23NO2. The predicted octanol–water partition coefficient (Wildman–Crippen LogP) is 2.09. The second-order valence-corrected chi connectivity index (χ2v) is 4.05. The van der Waals surface area contributed by atoms with E-state index in [1.54, 1.807) is 13.8 Å². The number of ether oxygens (including phenoxy) is 1. The zero-order chi connectivity index (χ0) is 11.0. The third kappa shape index (κ3) is 6.89. The van der Waals surface area contributed by atoms with Crippen molar-refractivity contribution in [1.29, 1.82) is 0 Å². The largest absolute Gasteiger partial charge is 0.381 e. The lowest BCUT2D eigenvalue weighted by atomic mass is 9.98. The summed E-state index contributed by atoms with van der Waals surface area (Å²) in [6.07, 6.45) is 7.33. The summed E-state index contributed by atoms with van der Waals surface area (Å²) in [6, 6.07) is 0. The topological polar surface area (TPSA) is 52.3 Å². The number of carbonyl (C=O) groups is 1. The molecular weight excluding hydrogens is 178 g/mol. The fraction of sp³-hybridized carbons (Fsp3) is 0.909. The fourth-order valence-corrected chi connectivity index (χ4v) is 1.30. The maximum absolute atomic E-state index is 9.92. The van der Waals surface area contributed by atoms with Gasteiger partial charge in [-0.15, -0.1) is 0 Å². The second-order valence-electron chi connectivity index (χ2n) is 4.05. The Morgan fingerprint density at radius 3 is 1.93 bits per heavy atom. The number of rotatable bonds is 2. The molecule has 0 unspecified atom stereocenters. The molecule has 1 amide bonds. The summed E-state index contributed by atoms with van der Waals surface area (Å²) >= 11 is 0. The van der Waals surface area contributed by atoms with Gasteiger partial charge in [-0.1, -0.05) is 33.1 Å². The Bertz CT molecular complexity index is 151. The van der Waals surface area contributed by atoms with Crippen LogP contribution in [0.4, 0.5) is 0 Å². The Balaban J connectivity index is 0.000000255. The summed E-state index contributed by atoms with van der Waals surface area (Å²) in [6.45, 7) is 3.53. The van der Waals surface area contributed by atoms with Crippen molar-refractivity contribution in [2.45, 2.75) is 52.1 Å². The molecule has 0 aromatic heterocycles. The number of hydrogen-bond acceptors (Lipinski definition) is 2. The van der Waals surface area contributed by atoms with Crippen molar-refractivity contribution in [3.63, 3.8) is 0 Å². The van der Waals surface area contributed by atoms with E-state index in [1.807, 2.05) is 7.11 Å². The van der Waals surface area contributed by atoms with Crippen LogP contribution < -0.4 is 5.73 Å². The van der Waals surface area contributed by atoms with Crippen LogP contribution in [0.3, 0.4) is 0 Å². The lowest BCUT2D eigenvalue weighted by Crippen LogP contribution is -2.17. The highest BCUT2D eigenvalue weighted by atomic mass is 16.5. The minimum absolute atomic E-state index is 0.00926. The molecule has 14 heavy (non-hydrogen) atoms. The van der Waals surface area contributed by atoms with E-state index in [1.165, 1.54) is 32.1 Å². The van der Waals surface area contributed by atoms with Crippen LogP contribution in [0.5, 0.6) is 0 Å². The van der Waals surface area contributed by atoms with Crippen LogP contribution in [-0.4, -0.2) is 19.1 Å². The van der Waals surface area contributed by atoms with E-state index in [9.17, 15) is 4.79 Å². The number of primary amides is 1. The molecule has 84 valence electrons. The molecule has 0 aromatic carbocycles. The Morgan fingerprint density at radius 1 is 1.29 bits per heavy atom. The number of methoxy groups -OCH3 is 1. The standard InChI is InChI=1S/C7H14O.C4H9NO/c1-8-7-5-3-2-4-6-7;1-3(2)4(5)6/h7H,2-6H2,1H3;3H,1-2H3,(H2,5,6). The van der Waals surface area contributed by atoms with Gasteiger partial charge < -0.3 is 10.5 Å². The van der Waals surface area contributed by atoms with Gasteiger partial charge in [0.2, 0.25) is 5.91 Å². The Hall–Kier alpha value is -0.570. The molecule has 1 rings (SSSR count). The molecule has 0 saturated heterocycles. The van der Waals surface area contributed by atoms with E-state index in [0.29, 0.717) is 6.10 Å². The van der Waals surface area contributed by atoms with E-state index < -0.39 is 0 Å². The van der Waals surface area contributed by atoms with Gasteiger partial charge in [0.25, 0.3) is 0 Å². The first-order valence-electron chi connectivity index (χ1n) is 5.40. The van der Waals surface area contributed by atoms with Crippen molar-refractivity contribution in [2.24, 2.45) is 11.7 Å². The molecule has 3 nitrogen and oxygen atoms in total. The van der Waals surface area contributed by atoms with E-state index >= 15 is 0 Å². The number of hydrogen-bond donors (Lipinski definition) is 1. The molecule has 0 radical (unpaired) electrons. The zero-order valence-corrected chi connectivity index (χ0v) is 9.58. The van der Waals surface area contributed by atoms with Crippen LogP contribution in [-0.2, 0) is 9.53 Å². The molecule has 0 aliphatic heterocycles. The summed E-state index contributed by atoms with van der Waals surface area (Å²) in [5.41, 5.74) is 4.80. The van der Waals surface area contributed by atoms with Crippen molar-refractivity contribution in [1.82, 2.24) is 0 Å². The second kappa shape index (κ2) is 7.80. The summed E-state index contributed by atoms with van der Waals surface area (Å²) in [5.74, 6) is -0.250. The first-order valence-corrected chi connectivity index (χ1v) is 5.40. The molecule has 1 aliphatic carbocycles. The highest BCUT2D eigenvalue weighted by Gasteiger charge is 2.10. The van der Waals surface area contributed by atoms with Gasteiger partial charge in [0.05, 0.1) is 6.10 Å². The van der Waals surface area contributed by atoms with Crippen LogP contribution in [0, 0.1) is 5.92 Å². The third-order valence-electron chi connectivity index (χ3n) is 2.45. The van der Waals surface area contributed by atoms with Crippen molar-refractivity contribution in [3.05, 3.63) is 0 Å². The Labute approximate surface area is 87.0 Å². The number of carbonyl (C=O) groups excluding carboxylic acids is 1. The quantitative estimate of drug-likeness (QED) is 0.743. The number of nitrogens with two attached hydrogens (primary N) is 1. The maximum atomic E-state index is 9.92. The highest BCUT2D eigenvalue weighted by molar-refractivity contribution is 5.75. The van der Waals surface area contributed by atoms with E-state index in [0.717, 1.165) is 0 Å². The monoisotopic (exact) mass is 201 g/mol. The summed E-state index contributed by atoms with van der Waals surface area (Å²) < 4.78 is 5.19. The smallest absolute Gasteiger partial charge is 0.219 e. The van der Waals surface area contributed by atoms with Gasteiger partial charge in [-0.25, -0.2) is 0 Å². The van der Waals surface area contributed by atoms with Gasteiger partial charge in [-0.2, -0.15) is 0 Å². The predicted molar refractivity (Wildman–Crippen MR) is 57.9 cm³/mol. The first-order chi connectivity index (χ1) is 6.57. The molecule has 1 fully saturated rings. The van der Waals surface area contributed by atoms with Crippen LogP contribution in [0.25, 0.3) is 0 Å². The molecule has 0 atom stereocenters. The highest BCUT2D eigenvalue weighted by Crippen LogP contribution is 2.18. The lowest BCUT2D eigenvalue weighted by molar-refractivity contribution is -0.120. The van der Waals surface area contributed by atoms with Crippen molar-refractivity contribution in [2.75, 3.05) is 7.11 Å². The molecule has 0 spiro atoms. The fourth-order valence-electron chi connectivity index (χ4n) is 1.30. The first kappa shape index (κ1) is 13.4. The zero-order valence-electron chi connectivity index (χ0n) is 9.58. The van der Waals surface area contributed by atoms with Crippen molar-refractivity contribution in [3.8, 4) is 0 Å². The van der Waals surface area contributed by atoms with Crippen LogP contribution in [0.1, 0.15) is 46.0 Å². The van der Waals surface area contributed by atoms with Crippen molar-refractivity contribution >= 4 is 5.91 Å². The minimum Gasteiger partial charge on any atom is -0.381 e. The van der Waals surface area contributed by atoms with Crippen molar-refractivity contribution < 1.29 is 9.53 Å². The van der Waals surface area contributed by atoms with Gasteiger partial charge in [0.15, 0.2) is 0 Å². The molecule has 0 heterocycles. The molecule has 0 aromatic rings. The van der Waals surface area contributed by atoms with E-state index in [-0.39, 0.29) is 11.8 Å².